The molecule has 2 amide bonds. The van der Waals surface area contributed by atoms with E-state index in [4.69, 9.17) is 0 Å². The number of fused-ring (bicyclic) bond motifs is 2. The van der Waals surface area contributed by atoms with Crippen LogP contribution in [-0.2, 0) is 37.1 Å². The lowest BCUT2D eigenvalue weighted by Gasteiger charge is -2.30. The van der Waals surface area contributed by atoms with Gasteiger partial charge in [0, 0.05) is 44.1 Å². The first-order valence-electron chi connectivity index (χ1n) is 12.2. The van der Waals surface area contributed by atoms with Crippen LogP contribution >= 0.6 is 11.3 Å². The van der Waals surface area contributed by atoms with Gasteiger partial charge in [0.15, 0.2) is 0 Å². The van der Waals surface area contributed by atoms with Crippen molar-refractivity contribution in [3.63, 3.8) is 0 Å². The Balaban J connectivity index is 1.11. The molecule has 0 bridgehead atoms. The minimum Gasteiger partial charge on any atom is -0.390 e. The van der Waals surface area contributed by atoms with Crippen LogP contribution < -0.4 is 5.32 Å². The van der Waals surface area contributed by atoms with Gasteiger partial charge >= 0.3 is 0 Å². The number of aliphatic hydroxyl groups is 1. The van der Waals surface area contributed by atoms with E-state index in [1.807, 2.05) is 41.3 Å². The van der Waals surface area contributed by atoms with E-state index in [0.717, 1.165) is 37.1 Å². The van der Waals surface area contributed by atoms with E-state index in [2.05, 4.69) is 34.5 Å². The SMILES string of the molecule is O=C(NCC(O)CN1CCc2ccccc2C1)c1cc2c(s1)CCN(C(=O)Cc1ccccc1)C2. The van der Waals surface area contributed by atoms with Crippen LogP contribution in [0.15, 0.2) is 60.7 Å². The van der Waals surface area contributed by atoms with Gasteiger partial charge in [0.25, 0.3) is 5.91 Å². The third-order valence-electron chi connectivity index (χ3n) is 6.82. The number of hydrogen-bond donors (Lipinski definition) is 2. The van der Waals surface area contributed by atoms with Gasteiger partial charge in [0.1, 0.15) is 0 Å². The van der Waals surface area contributed by atoms with Gasteiger partial charge in [-0.25, -0.2) is 0 Å². The molecule has 35 heavy (non-hydrogen) atoms. The number of amides is 2. The Kier molecular flexibility index (Phi) is 7.27. The summed E-state index contributed by atoms with van der Waals surface area (Å²) in [5.74, 6) is -0.0443. The number of carbonyl (C=O) groups excluding carboxylic acids is 2. The highest BCUT2D eigenvalue weighted by atomic mass is 32.1. The summed E-state index contributed by atoms with van der Waals surface area (Å²) in [5, 5.41) is 13.4. The van der Waals surface area contributed by atoms with Gasteiger partial charge in [0.05, 0.1) is 17.4 Å². The van der Waals surface area contributed by atoms with Gasteiger partial charge in [-0.05, 0) is 41.2 Å². The molecule has 0 saturated carbocycles. The number of nitrogens with one attached hydrogen (secondary N) is 1. The predicted octanol–water partition coefficient (Wildman–Crippen LogP) is 3.02. The second kappa shape index (κ2) is 10.7. The highest BCUT2D eigenvalue weighted by Crippen LogP contribution is 2.28. The third kappa shape index (κ3) is 5.81. The largest absolute Gasteiger partial charge is 0.390 e. The molecule has 0 radical (unpaired) electrons. The van der Waals surface area contributed by atoms with Gasteiger partial charge in [-0.1, -0.05) is 54.6 Å². The first-order valence-corrected chi connectivity index (χ1v) is 13.1. The Labute approximate surface area is 210 Å². The Morgan fingerprint density at radius 3 is 2.54 bits per heavy atom. The lowest BCUT2D eigenvalue weighted by molar-refractivity contribution is -0.131. The van der Waals surface area contributed by atoms with Crippen molar-refractivity contribution >= 4 is 23.2 Å². The van der Waals surface area contributed by atoms with Crippen LogP contribution in [0.4, 0.5) is 0 Å². The average molecular weight is 490 g/mol. The summed E-state index contributed by atoms with van der Waals surface area (Å²) >= 11 is 1.50. The fourth-order valence-electron chi connectivity index (χ4n) is 4.91. The number of carbonyl (C=O) groups is 2. The van der Waals surface area contributed by atoms with E-state index < -0.39 is 6.10 Å². The van der Waals surface area contributed by atoms with Gasteiger partial charge < -0.3 is 15.3 Å². The maximum Gasteiger partial charge on any atom is 0.261 e. The number of thiophene rings is 1. The molecule has 0 aliphatic carbocycles. The summed E-state index contributed by atoms with van der Waals surface area (Å²) in [5.41, 5.74) is 4.77. The van der Waals surface area contributed by atoms with Crippen LogP contribution in [0.3, 0.4) is 0 Å². The van der Waals surface area contributed by atoms with E-state index in [-0.39, 0.29) is 18.4 Å². The topological polar surface area (TPSA) is 72.9 Å². The molecule has 3 heterocycles. The van der Waals surface area contributed by atoms with Gasteiger partial charge in [0.2, 0.25) is 5.91 Å². The van der Waals surface area contributed by atoms with Crippen LogP contribution in [0.25, 0.3) is 0 Å². The molecular weight excluding hydrogens is 458 g/mol. The van der Waals surface area contributed by atoms with E-state index in [1.54, 1.807) is 0 Å². The molecule has 6 nitrogen and oxygen atoms in total. The van der Waals surface area contributed by atoms with Crippen molar-refractivity contribution in [1.29, 1.82) is 0 Å². The first-order chi connectivity index (χ1) is 17.0. The maximum atomic E-state index is 12.8. The van der Waals surface area contributed by atoms with E-state index in [0.29, 0.717) is 30.9 Å². The van der Waals surface area contributed by atoms with Gasteiger partial charge in [-0.3, -0.25) is 14.5 Å². The van der Waals surface area contributed by atoms with Crippen LogP contribution in [0.1, 0.15) is 36.8 Å². The van der Waals surface area contributed by atoms with Crippen LogP contribution in [0.5, 0.6) is 0 Å². The van der Waals surface area contributed by atoms with Crippen molar-refractivity contribution in [2.75, 3.05) is 26.2 Å². The van der Waals surface area contributed by atoms with Crippen molar-refractivity contribution in [1.82, 2.24) is 15.1 Å². The molecule has 0 fully saturated rings. The van der Waals surface area contributed by atoms with E-state index in [9.17, 15) is 14.7 Å². The molecule has 3 aromatic rings. The van der Waals surface area contributed by atoms with Gasteiger partial charge in [-0.2, -0.15) is 0 Å². The minimum atomic E-state index is -0.620. The maximum absolute atomic E-state index is 12.8. The highest BCUT2D eigenvalue weighted by molar-refractivity contribution is 7.14. The van der Waals surface area contributed by atoms with Crippen molar-refractivity contribution in [2.24, 2.45) is 0 Å². The smallest absolute Gasteiger partial charge is 0.261 e. The molecule has 0 saturated heterocycles. The molecule has 2 aromatic carbocycles. The zero-order valence-corrected chi connectivity index (χ0v) is 20.6. The lowest BCUT2D eigenvalue weighted by Crippen LogP contribution is -2.41. The molecule has 2 aliphatic heterocycles. The van der Waals surface area contributed by atoms with Crippen molar-refractivity contribution in [3.8, 4) is 0 Å². The second-order valence-corrected chi connectivity index (χ2v) is 10.5. The Bertz CT molecular complexity index is 1190. The molecule has 1 atom stereocenters. The lowest BCUT2D eigenvalue weighted by atomic mass is 10.00. The summed E-state index contributed by atoms with van der Waals surface area (Å²) in [4.78, 5) is 31.5. The average Bonchev–Trinajstić information content (AvgIpc) is 3.31. The van der Waals surface area contributed by atoms with Gasteiger partial charge in [-0.15, -0.1) is 11.3 Å². The number of aliphatic hydroxyl groups excluding tert-OH is 1. The van der Waals surface area contributed by atoms with Crippen LogP contribution in [-0.4, -0.2) is 59.0 Å². The fourth-order valence-corrected chi connectivity index (χ4v) is 5.99. The zero-order valence-electron chi connectivity index (χ0n) is 19.8. The molecule has 7 heteroatoms. The molecule has 1 aromatic heterocycles. The summed E-state index contributed by atoms with van der Waals surface area (Å²) in [6.45, 7) is 3.73. The zero-order chi connectivity index (χ0) is 24.2. The Hall–Kier alpha value is -3.00. The van der Waals surface area contributed by atoms with Crippen molar-refractivity contribution < 1.29 is 14.7 Å². The highest BCUT2D eigenvalue weighted by Gasteiger charge is 2.25. The first kappa shape index (κ1) is 23.7. The number of benzene rings is 2. The summed E-state index contributed by atoms with van der Waals surface area (Å²) in [6.07, 6.45) is 1.53. The Morgan fingerprint density at radius 2 is 1.71 bits per heavy atom. The molecular formula is C28H31N3O3S. The molecule has 5 rings (SSSR count). The van der Waals surface area contributed by atoms with E-state index >= 15 is 0 Å². The normalized spacial score (nSPS) is 16.3. The fraction of sp³-hybridized carbons (Fsp3) is 0.357. The van der Waals surface area contributed by atoms with Crippen LogP contribution in [0, 0.1) is 0 Å². The summed E-state index contributed by atoms with van der Waals surface area (Å²) < 4.78 is 0. The molecule has 182 valence electrons. The molecule has 2 N–H and O–H groups in total. The molecule has 2 aliphatic rings. The second-order valence-electron chi connectivity index (χ2n) is 9.40. The number of β-amino-alcohol motifs (C(OH)–C–C–N with tert-alkyl or cyclic N) is 1. The quantitative estimate of drug-likeness (QED) is 0.535. The molecule has 0 spiro atoms. The summed E-state index contributed by atoms with van der Waals surface area (Å²) in [6, 6.07) is 20.1. The Morgan fingerprint density at radius 1 is 0.943 bits per heavy atom. The monoisotopic (exact) mass is 489 g/mol. The van der Waals surface area contributed by atoms with Crippen molar-refractivity contribution in [3.05, 3.63) is 92.7 Å². The van der Waals surface area contributed by atoms with Crippen molar-refractivity contribution in [2.45, 2.75) is 38.5 Å². The third-order valence-corrected chi connectivity index (χ3v) is 8.05. The minimum absolute atomic E-state index is 0.113. The van der Waals surface area contributed by atoms with E-state index in [1.165, 1.54) is 27.3 Å². The number of nitrogens with zero attached hydrogens (tertiary/aromatic N) is 2. The predicted molar refractivity (Wildman–Crippen MR) is 137 cm³/mol. The standard InChI is InChI=1S/C28H31N3O3S/c32-24(19-30-12-10-21-8-4-5-9-22(21)17-30)16-29-28(34)26-15-23-18-31(13-11-25(23)35-26)27(33)14-20-6-2-1-3-7-20/h1-9,15,24,32H,10-14,16-19H2,(H,29,34). The number of hydrogen-bond acceptors (Lipinski definition) is 5. The molecule has 1 unspecified atom stereocenters. The number of rotatable bonds is 7. The summed E-state index contributed by atoms with van der Waals surface area (Å²) in [7, 11) is 0. The van der Waals surface area contributed by atoms with Crippen LogP contribution in [0.2, 0.25) is 0 Å².